The quantitative estimate of drug-likeness (QED) is 0.445. The smallest absolute Gasteiger partial charge is 0.340 e. The summed E-state index contributed by atoms with van der Waals surface area (Å²) in [5, 5.41) is 22.4. The molecule has 1 rings (SSSR count). The molecule has 0 spiro atoms. The molecule has 0 atom stereocenters. The molecule has 23 heavy (non-hydrogen) atoms. The number of rotatable bonds is 7. The molecule has 0 fully saturated rings. The largest absolute Gasteiger partial charge is 0.454 e. The number of nitro groups is 1. The van der Waals surface area contributed by atoms with Crippen molar-refractivity contribution in [2.45, 2.75) is 20.8 Å². The number of anilines is 1. The highest BCUT2D eigenvalue weighted by molar-refractivity contribution is 5.98. The van der Waals surface area contributed by atoms with Crippen LogP contribution < -0.4 is 5.32 Å². The normalized spacial score (nSPS) is 11.0. The summed E-state index contributed by atoms with van der Waals surface area (Å²) in [7, 11) is 0. The van der Waals surface area contributed by atoms with E-state index in [0.717, 1.165) is 6.07 Å². The second kappa shape index (κ2) is 7.68. The first kappa shape index (κ1) is 18.6. The van der Waals surface area contributed by atoms with E-state index < -0.39 is 22.9 Å². The third-order valence-electron chi connectivity index (χ3n) is 3.03. The maximum absolute atomic E-state index is 12.1. The van der Waals surface area contributed by atoms with Crippen molar-refractivity contribution in [1.82, 2.24) is 0 Å². The van der Waals surface area contributed by atoms with Crippen LogP contribution in [0, 0.1) is 15.5 Å². The molecule has 0 aliphatic rings. The van der Waals surface area contributed by atoms with Gasteiger partial charge in [-0.15, -0.1) is 0 Å². The van der Waals surface area contributed by atoms with Gasteiger partial charge in [-0.25, -0.2) is 4.79 Å². The number of hydrogen-bond acceptors (Lipinski definition) is 7. The summed E-state index contributed by atoms with van der Waals surface area (Å²) in [6, 6.07) is 3.66. The number of aliphatic hydroxyl groups is 1. The first-order valence-corrected chi connectivity index (χ1v) is 7.00. The van der Waals surface area contributed by atoms with Gasteiger partial charge in [-0.05, 0) is 6.07 Å². The van der Waals surface area contributed by atoms with Gasteiger partial charge in [0.25, 0.3) is 5.69 Å². The summed E-state index contributed by atoms with van der Waals surface area (Å²) in [6.45, 7) is 4.68. The predicted molar refractivity (Wildman–Crippen MR) is 83.4 cm³/mol. The lowest BCUT2D eigenvalue weighted by atomic mass is 9.91. The number of ketones is 1. The number of esters is 1. The minimum absolute atomic E-state index is 0.0608. The highest BCUT2D eigenvalue weighted by atomic mass is 16.6. The monoisotopic (exact) mass is 324 g/mol. The Balaban J connectivity index is 2.97. The first-order valence-electron chi connectivity index (χ1n) is 7.00. The molecule has 2 N–H and O–H groups in total. The zero-order valence-corrected chi connectivity index (χ0v) is 13.3. The molecular weight excluding hydrogens is 304 g/mol. The molecule has 0 saturated heterocycles. The van der Waals surface area contributed by atoms with Gasteiger partial charge in [0.2, 0.25) is 0 Å². The van der Waals surface area contributed by atoms with E-state index in [0.29, 0.717) is 0 Å². The van der Waals surface area contributed by atoms with Crippen LogP contribution in [0.4, 0.5) is 11.4 Å². The van der Waals surface area contributed by atoms with Crippen molar-refractivity contribution in [3.8, 4) is 0 Å². The van der Waals surface area contributed by atoms with Crippen LogP contribution >= 0.6 is 0 Å². The van der Waals surface area contributed by atoms with Crippen molar-refractivity contribution in [3.63, 3.8) is 0 Å². The second-order valence-corrected chi connectivity index (χ2v) is 5.89. The maximum atomic E-state index is 12.1. The average molecular weight is 324 g/mol. The Bertz CT molecular complexity index is 606. The lowest BCUT2D eigenvalue weighted by Gasteiger charge is -2.16. The van der Waals surface area contributed by atoms with Crippen molar-refractivity contribution in [3.05, 3.63) is 33.9 Å². The van der Waals surface area contributed by atoms with Gasteiger partial charge < -0.3 is 15.2 Å². The zero-order chi connectivity index (χ0) is 17.6. The van der Waals surface area contributed by atoms with Gasteiger partial charge in [0, 0.05) is 29.8 Å². The van der Waals surface area contributed by atoms with E-state index in [9.17, 15) is 19.7 Å². The summed E-state index contributed by atoms with van der Waals surface area (Å²) < 4.78 is 4.96. The Morgan fingerprint density at radius 3 is 2.52 bits per heavy atom. The molecule has 1 aromatic carbocycles. The van der Waals surface area contributed by atoms with E-state index in [4.69, 9.17) is 9.84 Å². The minimum Gasteiger partial charge on any atom is -0.454 e. The molecule has 0 bridgehead atoms. The summed E-state index contributed by atoms with van der Waals surface area (Å²) in [4.78, 5) is 34.1. The van der Waals surface area contributed by atoms with Gasteiger partial charge >= 0.3 is 5.97 Å². The zero-order valence-electron chi connectivity index (χ0n) is 13.3. The number of carbonyl (C=O) groups excluding carboxylic acids is 2. The van der Waals surface area contributed by atoms with Crippen molar-refractivity contribution in [2.75, 3.05) is 25.1 Å². The summed E-state index contributed by atoms with van der Waals surface area (Å²) in [5.41, 5.74) is -0.693. The molecule has 0 amide bonds. The van der Waals surface area contributed by atoms with Gasteiger partial charge in [-0.3, -0.25) is 14.9 Å². The highest BCUT2D eigenvalue weighted by Crippen LogP contribution is 2.23. The molecule has 0 aliphatic carbocycles. The molecule has 0 saturated carbocycles. The van der Waals surface area contributed by atoms with E-state index in [1.165, 1.54) is 12.1 Å². The number of Topliss-reactive ketones (excluding diaryl/α,β-unsaturated/α-hetero) is 1. The van der Waals surface area contributed by atoms with Crippen LogP contribution in [-0.4, -0.2) is 41.5 Å². The lowest BCUT2D eigenvalue weighted by Crippen LogP contribution is -2.26. The van der Waals surface area contributed by atoms with Crippen LogP contribution in [-0.2, 0) is 9.53 Å². The molecule has 8 nitrogen and oxygen atoms in total. The Hall–Kier alpha value is -2.48. The number of carbonyl (C=O) groups is 2. The summed E-state index contributed by atoms with van der Waals surface area (Å²) in [6.07, 6.45) is 0. The number of non-ortho nitro benzene ring substituents is 1. The number of nitro benzene ring substituents is 1. The Labute approximate surface area is 133 Å². The molecule has 0 heterocycles. The molecule has 0 radical (unpaired) electrons. The van der Waals surface area contributed by atoms with E-state index >= 15 is 0 Å². The summed E-state index contributed by atoms with van der Waals surface area (Å²) >= 11 is 0. The van der Waals surface area contributed by atoms with Gasteiger partial charge in [-0.1, -0.05) is 20.8 Å². The van der Waals surface area contributed by atoms with Crippen LogP contribution in [0.5, 0.6) is 0 Å². The number of aliphatic hydroxyl groups excluding tert-OH is 1. The molecule has 8 heteroatoms. The molecule has 1 aromatic rings. The molecule has 0 aromatic heterocycles. The minimum atomic E-state index is -0.841. The van der Waals surface area contributed by atoms with Crippen molar-refractivity contribution < 1.29 is 24.4 Å². The fraction of sp³-hybridized carbons (Fsp3) is 0.467. The highest BCUT2D eigenvalue weighted by Gasteiger charge is 2.24. The van der Waals surface area contributed by atoms with Gasteiger partial charge in [0.1, 0.15) is 0 Å². The van der Waals surface area contributed by atoms with Crippen molar-refractivity contribution in [2.24, 2.45) is 5.41 Å². The number of ether oxygens (including phenoxy) is 1. The number of benzene rings is 1. The predicted octanol–water partition coefficient (Wildman–Crippen LogP) is 1.77. The standard InChI is InChI=1S/C15H20N2O6/c1-15(2,3)13(19)9-23-14(20)11-8-10(17(21)22)4-5-12(11)16-6-7-18/h4-5,8,16,18H,6-7,9H2,1-3H3. The average Bonchev–Trinajstić information content (AvgIpc) is 2.48. The lowest BCUT2D eigenvalue weighted by molar-refractivity contribution is -0.384. The SMILES string of the molecule is CC(C)(C)C(=O)COC(=O)c1cc([N+](=O)[O-])ccc1NCCO. The second-order valence-electron chi connectivity index (χ2n) is 5.89. The van der Waals surface area contributed by atoms with E-state index in [-0.39, 0.29) is 35.9 Å². The van der Waals surface area contributed by atoms with Crippen LogP contribution in [0.1, 0.15) is 31.1 Å². The molecule has 0 unspecified atom stereocenters. The van der Waals surface area contributed by atoms with Crippen molar-refractivity contribution in [1.29, 1.82) is 0 Å². The van der Waals surface area contributed by atoms with Crippen molar-refractivity contribution >= 4 is 23.1 Å². The van der Waals surface area contributed by atoms with Crippen LogP contribution in [0.25, 0.3) is 0 Å². The van der Waals surface area contributed by atoms with E-state index in [2.05, 4.69) is 5.32 Å². The number of hydrogen-bond donors (Lipinski definition) is 2. The molecule has 126 valence electrons. The molecular formula is C15H20N2O6. The van der Waals surface area contributed by atoms with E-state index in [1.807, 2.05) is 0 Å². The first-order chi connectivity index (χ1) is 10.7. The third kappa shape index (κ3) is 5.33. The fourth-order valence-electron chi connectivity index (χ4n) is 1.58. The topological polar surface area (TPSA) is 119 Å². The maximum Gasteiger partial charge on any atom is 0.340 e. The van der Waals surface area contributed by atoms with Crippen LogP contribution in [0.15, 0.2) is 18.2 Å². The Morgan fingerprint density at radius 1 is 1.35 bits per heavy atom. The van der Waals surface area contributed by atoms with E-state index in [1.54, 1.807) is 20.8 Å². The third-order valence-corrected chi connectivity index (χ3v) is 3.03. The fourth-order valence-corrected chi connectivity index (χ4v) is 1.58. The number of nitrogens with one attached hydrogen (secondary N) is 1. The van der Waals surface area contributed by atoms with Crippen LogP contribution in [0.3, 0.4) is 0 Å². The summed E-state index contributed by atoms with van der Waals surface area (Å²) in [5.74, 6) is -1.10. The Morgan fingerprint density at radius 2 is 2.00 bits per heavy atom. The Kier molecular flexibility index (Phi) is 6.20. The van der Waals surface area contributed by atoms with Gasteiger partial charge in [0.15, 0.2) is 12.4 Å². The number of nitrogens with zero attached hydrogens (tertiary/aromatic N) is 1. The van der Waals surface area contributed by atoms with Gasteiger partial charge in [0.05, 0.1) is 17.1 Å². The van der Waals surface area contributed by atoms with Gasteiger partial charge in [-0.2, -0.15) is 0 Å². The molecule has 0 aliphatic heterocycles. The van der Waals surface area contributed by atoms with Crippen LogP contribution in [0.2, 0.25) is 0 Å².